The number of fused-ring (bicyclic) bond motifs is 1. The van der Waals surface area contributed by atoms with Gasteiger partial charge in [0.25, 0.3) is 0 Å². The van der Waals surface area contributed by atoms with Crippen molar-refractivity contribution >= 4 is 29.3 Å². The number of hydrogen-bond acceptors (Lipinski definition) is 5. The molecule has 144 valence electrons. The Hall–Kier alpha value is -2.32. The van der Waals surface area contributed by atoms with Crippen molar-refractivity contribution in [3.8, 4) is 0 Å². The van der Waals surface area contributed by atoms with Crippen LogP contribution >= 0.6 is 11.8 Å². The van der Waals surface area contributed by atoms with Gasteiger partial charge in [-0.15, -0.1) is 0 Å². The molecule has 0 radical (unpaired) electrons. The number of nitrogens with one attached hydrogen (secondary N) is 1. The third-order valence-electron chi connectivity index (χ3n) is 4.48. The summed E-state index contributed by atoms with van der Waals surface area (Å²) in [6, 6.07) is 7.99. The summed E-state index contributed by atoms with van der Waals surface area (Å²) in [5.41, 5.74) is 2.73. The monoisotopic (exact) mass is 388 g/mol. The highest BCUT2D eigenvalue weighted by Crippen LogP contribution is 2.28. The Morgan fingerprint density at radius 2 is 2.15 bits per heavy atom. The molecular formula is C19H24N4O3S. The van der Waals surface area contributed by atoms with Gasteiger partial charge in [0.2, 0.25) is 11.8 Å². The summed E-state index contributed by atoms with van der Waals surface area (Å²) in [6.07, 6.45) is 3.49. The fourth-order valence-corrected chi connectivity index (χ4v) is 4.07. The number of benzene rings is 1. The molecule has 1 aromatic heterocycles. The Balaban J connectivity index is 1.69. The molecular weight excluding hydrogens is 364 g/mol. The number of carbonyl (C=O) groups is 2. The van der Waals surface area contributed by atoms with Crippen molar-refractivity contribution in [3.05, 3.63) is 41.7 Å². The molecule has 1 aromatic carbocycles. The summed E-state index contributed by atoms with van der Waals surface area (Å²) in [4.78, 5) is 30.8. The third-order valence-corrected chi connectivity index (χ3v) is 5.45. The van der Waals surface area contributed by atoms with Crippen LogP contribution in [0.15, 0.2) is 35.6 Å². The minimum absolute atomic E-state index is 0.0188. The lowest BCUT2D eigenvalue weighted by molar-refractivity contribution is -0.121. The summed E-state index contributed by atoms with van der Waals surface area (Å²) in [5.74, 6) is 0.0969. The van der Waals surface area contributed by atoms with E-state index in [4.69, 9.17) is 0 Å². The Kier molecular flexibility index (Phi) is 6.52. The van der Waals surface area contributed by atoms with E-state index in [-0.39, 0.29) is 30.7 Å². The van der Waals surface area contributed by atoms with Gasteiger partial charge in [0.1, 0.15) is 6.54 Å². The first kappa shape index (κ1) is 19.4. The van der Waals surface area contributed by atoms with E-state index in [1.165, 1.54) is 17.3 Å². The van der Waals surface area contributed by atoms with Crippen LogP contribution in [-0.2, 0) is 29.2 Å². The first-order valence-electron chi connectivity index (χ1n) is 9.07. The van der Waals surface area contributed by atoms with Gasteiger partial charge in [-0.25, -0.2) is 4.98 Å². The minimum Gasteiger partial charge on any atom is -0.390 e. The molecule has 0 saturated carbocycles. The predicted molar refractivity (Wildman–Crippen MR) is 105 cm³/mol. The molecule has 1 aliphatic rings. The molecule has 0 fully saturated rings. The molecule has 7 nitrogen and oxygen atoms in total. The molecule has 2 heterocycles. The van der Waals surface area contributed by atoms with Gasteiger partial charge in [-0.2, -0.15) is 0 Å². The van der Waals surface area contributed by atoms with E-state index in [9.17, 15) is 14.7 Å². The van der Waals surface area contributed by atoms with Crippen LogP contribution in [0.2, 0.25) is 0 Å². The van der Waals surface area contributed by atoms with E-state index in [0.29, 0.717) is 23.9 Å². The van der Waals surface area contributed by atoms with Crippen LogP contribution in [0.25, 0.3) is 0 Å². The maximum absolute atomic E-state index is 12.8. The fourth-order valence-electron chi connectivity index (χ4n) is 3.20. The van der Waals surface area contributed by atoms with Gasteiger partial charge in [0, 0.05) is 18.8 Å². The smallest absolute Gasteiger partial charge is 0.240 e. The Labute approximate surface area is 162 Å². The molecule has 2 amide bonds. The second-order valence-electron chi connectivity index (χ2n) is 6.30. The standard InChI is InChI=1S/C19H24N4O3S/c1-2-20-17(25)11-23-15(12-24)10-21-19(23)27-13-18(26)22-9-5-7-14-6-3-4-8-16(14)22/h3-4,6,8,10,24H,2,5,7,9,11-13H2,1H3,(H,20,25). The van der Waals surface area contributed by atoms with Crippen molar-refractivity contribution in [1.82, 2.24) is 14.9 Å². The number of imidazole rings is 1. The molecule has 0 aliphatic carbocycles. The number of hydrogen-bond donors (Lipinski definition) is 2. The average Bonchev–Trinajstić information content (AvgIpc) is 3.07. The SMILES string of the molecule is CCNC(=O)Cn1c(CO)cnc1SCC(=O)N1CCCc2ccccc21. The van der Waals surface area contributed by atoms with Crippen molar-refractivity contribution in [1.29, 1.82) is 0 Å². The molecule has 27 heavy (non-hydrogen) atoms. The number of carbonyl (C=O) groups excluding carboxylic acids is 2. The lowest BCUT2D eigenvalue weighted by Gasteiger charge is -2.29. The van der Waals surface area contributed by atoms with Gasteiger partial charge >= 0.3 is 0 Å². The number of amides is 2. The van der Waals surface area contributed by atoms with Crippen molar-refractivity contribution in [2.75, 3.05) is 23.7 Å². The highest BCUT2D eigenvalue weighted by atomic mass is 32.2. The second-order valence-corrected chi connectivity index (χ2v) is 7.24. The minimum atomic E-state index is -0.208. The Bertz CT molecular complexity index is 821. The molecule has 8 heteroatoms. The number of aromatic nitrogens is 2. The normalized spacial score (nSPS) is 13.3. The van der Waals surface area contributed by atoms with Crippen molar-refractivity contribution < 1.29 is 14.7 Å². The number of para-hydroxylation sites is 1. The van der Waals surface area contributed by atoms with Gasteiger partial charge in [-0.1, -0.05) is 30.0 Å². The lowest BCUT2D eigenvalue weighted by atomic mass is 10.0. The number of thioether (sulfide) groups is 1. The number of rotatable bonds is 7. The summed E-state index contributed by atoms with van der Waals surface area (Å²) in [6.45, 7) is 2.97. The Morgan fingerprint density at radius 3 is 2.93 bits per heavy atom. The van der Waals surface area contributed by atoms with E-state index >= 15 is 0 Å². The lowest BCUT2D eigenvalue weighted by Crippen LogP contribution is -2.36. The number of anilines is 1. The average molecular weight is 388 g/mol. The Morgan fingerprint density at radius 1 is 1.33 bits per heavy atom. The second kappa shape index (κ2) is 9.05. The quantitative estimate of drug-likeness (QED) is 0.704. The van der Waals surface area contributed by atoms with E-state index in [0.717, 1.165) is 18.5 Å². The fraction of sp³-hybridized carbons (Fsp3) is 0.421. The number of nitrogens with zero attached hydrogens (tertiary/aromatic N) is 3. The van der Waals surface area contributed by atoms with Crippen molar-refractivity contribution in [2.24, 2.45) is 0 Å². The first-order chi connectivity index (χ1) is 13.1. The number of likely N-dealkylation sites (N-methyl/N-ethyl adjacent to an activating group) is 1. The van der Waals surface area contributed by atoms with E-state index in [1.807, 2.05) is 30.0 Å². The zero-order valence-corrected chi connectivity index (χ0v) is 16.2. The molecule has 0 saturated heterocycles. The molecule has 2 N–H and O–H groups in total. The highest BCUT2D eigenvalue weighted by molar-refractivity contribution is 7.99. The molecule has 2 aromatic rings. The zero-order valence-electron chi connectivity index (χ0n) is 15.4. The van der Waals surface area contributed by atoms with E-state index in [1.54, 1.807) is 10.8 Å². The molecule has 0 bridgehead atoms. The largest absolute Gasteiger partial charge is 0.390 e. The van der Waals surface area contributed by atoms with Crippen LogP contribution in [-0.4, -0.2) is 45.3 Å². The van der Waals surface area contributed by atoms with Gasteiger partial charge in [0.05, 0.1) is 24.3 Å². The zero-order chi connectivity index (χ0) is 19.2. The van der Waals surface area contributed by atoms with E-state index < -0.39 is 0 Å². The molecule has 0 unspecified atom stereocenters. The van der Waals surface area contributed by atoms with Crippen LogP contribution in [0.3, 0.4) is 0 Å². The number of aliphatic hydroxyl groups is 1. The molecule has 0 spiro atoms. The maximum atomic E-state index is 12.8. The topological polar surface area (TPSA) is 87.5 Å². The van der Waals surface area contributed by atoms with Gasteiger partial charge in [0.15, 0.2) is 5.16 Å². The first-order valence-corrected chi connectivity index (χ1v) is 10.1. The summed E-state index contributed by atoms with van der Waals surface area (Å²) in [5, 5.41) is 12.8. The van der Waals surface area contributed by atoms with Gasteiger partial charge in [-0.3, -0.25) is 9.59 Å². The summed E-state index contributed by atoms with van der Waals surface area (Å²) >= 11 is 1.29. The van der Waals surface area contributed by atoms with Crippen LogP contribution in [0, 0.1) is 0 Å². The molecule has 0 atom stereocenters. The van der Waals surface area contributed by atoms with Crippen LogP contribution < -0.4 is 10.2 Å². The van der Waals surface area contributed by atoms with Crippen LogP contribution in [0.5, 0.6) is 0 Å². The van der Waals surface area contributed by atoms with Gasteiger partial charge < -0.3 is 19.9 Å². The van der Waals surface area contributed by atoms with Crippen molar-refractivity contribution in [2.45, 2.75) is 38.1 Å². The summed E-state index contributed by atoms with van der Waals surface area (Å²) in [7, 11) is 0. The van der Waals surface area contributed by atoms with Crippen molar-refractivity contribution in [3.63, 3.8) is 0 Å². The third kappa shape index (κ3) is 4.51. The maximum Gasteiger partial charge on any atom is 0.240 e. The molecule has 1 aliphatic heterocycles. The highest BCUT2D eigenvalue weighted by Gasteiger charge is 2.23. The van der Waals surface area contributed by atoms with Crippen LogP contribution in [0.1, 0.15) is 24.6 Å². The van der Waals surface area contributed by atoms with E-state index in [2.05, 4.69) is 16.4 Å². The number of aryl methyl sites for hydroxylation is 1. The number of aliphatic hydroxyl groups excluding tert-OH is 1. The predicted octanol–water partition coefficient (Wildman–Crippen LogP) is 1.58. The van der Waals surface area contributed by atoms with Crippen LogP contribution in [0.4, 0.5) is 5.69 Å². The summed E-state index contributed by atoms with van der Waals surface area (Å²) < 4.78 is 1.66. The van der Waals surface area contributed by atoms with Gasteiger partial charge in [-0.05, 0) is 31.4 Å². The molecule has 3 rings (SSSR count).